The van der Waals surface area contributed by atoms with Gasteiger partial charge in [-0.05, 0) is 36.9 Å². The molecule has 1 unspecified atom stereocenters. The summed E-state index contributed by atoms with van der Waals surface area (Å²) in [6, 6.07) is 5.67. The number of hydrogen-bond donors (Lipinski definition) is 1. The number of benzene rings is 1. The quantitative estimate of drug-likeness (QED) is 0.818. The van der Waals surface area contributed by atoms with Crippen molar-refractivity contribution in [2.24, 2.45) is 0 Å². The Balaban J connectivity index is 2.07. The number of rotatable bonds is 2. The van der Waals surface area contributed by atoms with Crippen LogP contribution in [0.5, 0.6) is 0 Å². The number of halogens is 3. The normalized spacial score (nSPS) is 19.1. The van der Waals surface area contributed by atoms with E-state index < -0.39 is 12.0 Å². The average molecular weight is 341 g/mol. The number of anilines is 1. The highest BCUT2D eigenvalue weighted by atomic mass is 35.5. The van der Waals surface area contributed by atoms with Gasteiger partial charge in [-0.15, -0.1) is 0 Å². The van der Waals surface area contributed by atoms with E-state index in [1.807, 2.05) is 30.0 Å². The maximum Gasteiger partial charge on any atom is 0.251 e. The predicted molar refractivity (Wildman–Crippen MR) is 88.5 cm³/mol. The van der Waals surface area contributed by atoms with E-state index in [2.05, 4.69) is 4.98 Å². The topological polar surface area (TPSA) is 36.4 Å². The van der Waals surface area contributed by atoms with Gasteiger partial charge in [0, 0.05) is 31.3 Å². The molecule has 0 amide bonds. The van der Waals surface area contributed by atoms with Gasteiger partial charge in [-0.3, -0.25) is 0 Å². The number of hydrogen-bond acceptors (Lipinski definition) is 3. The van der Waals surface area contributed by atoms with Crippen molar-refractivity contribution >= 4 is 28.2 Å². The van der Waals surface area contributed by atoms with Gasteiger partial charge in [0.05, 0.1) is 6.10 Å². The van der Waals surface area contributed by atoms with E-state index in [0.29, 0.717) is 11.0 Å². The number of piperidine rings is 1. The monoisotopic (exact) mass is 340 g/mol. The third kappa shape index (κ3) is 3.26. The summed E-state index contributed by atoms with van der Waals surface area (Å²) in [5.74, 6) is -2.01. The number of aromatic nitrogens is 1. The second-order valence-electron chi connectivity index (χ2n) is 6.24. The van der Waals surface area contributed by atoms with Crippen LogP contribution in [0.3, 0.4) is 0 Å². The van der Waals surface area contributed by atoms with Crippen LogP contribution in [0.2, 0.25) is 5.15 Å². The second kappa shape index (κ2) is 5.87. The van der Waals surface area contributed by atoms with Crippen LogP contribution in [0.15, 0.2) is 18.2 Å². The highest BCUT2D eigenvalue weighted by Crippen LogP contribution is 2.35. The molecule has 0 aliphatic carbocycles. The minimum atomic E-state index is -2.60. The maximum atomic E-state index is 13.3. The van der Waals surface area contributed by atoms with Gasteiger partial charge >= 0.3 is 0 Å². The van der Waals surface area contributed by atoms with Crippen LogP contribution >= 0.6 is 11.6 Å². The Morgan fingerprint density at radius 2 is 1.87 bits per heavy atom. The summed E-state index contributed by atoms with van der Waals surface area (Å²) in [5.41, 5.74) is 1.76. The number of aliphatic hydroxyl groups is 1. The molecule has 0 spiro atoms. The molecule has 0 radical (unpaired) electrons. The SMILES string of the molecule is Cc1cc(C(C)O)c2cc(N3CCC(F)(F)CC3)nc(Cl)c2c1. The molecule has 1 saturated heterocycles. The largest absolute Gasteiger partial charge is 0.389 e. The second-order valence-corrected chi connectivity index (χ2v) is 6.60. The van der Waals surface area contributed by atoms with E-state index in [4.69, 9.17) is 11.6 Å². The highest BCUT2D eigenvalue weighted by Gasteiger charge is 2.34. The van der Waals surface area contributed by atoms with Crippen LogP contribution in [0.25, 0.3) is 10.8 Å². The van der Waals surface area contributed by atoms with Crippen molar-refractivity contribution in [1.82, 2.24) is 4.98 Å². The third-order valence-electron chi connectivity index (χ3n) is 4.33. The van der Waals surface area contributed by atoms with Crippen LogP contribution in [-0.4, -0.2) is 29.1 Å². The number of aryl methyl sites for hydroxylation is 1. The molecular weight excluding hydrogens is 322 g/mol. The number of nitrogens with zero attached hydrogens (tertiary/aromatic N) is 2. The molecule has 1 aromatic carbocycles. The van der Waals surface area contributed by atoms with Gasteiger partial charge < -0.3 is 10.0 Å². The fourth-order valence-electron chi connectivity index (χ4n) is 3.05. The molecule has 2 heterocycles. The van der Waals surface area contributed by atoms with Crippen molar-refractivity contribution < 1.29 is 13.9 Å². The lowest BCUT2D eigenvalue weighted by atomic mass is 9.99. The molecule has 2 aromatic rings. The van der Waals surface area contributed by atoms with Crippen molar-refractivity contribution in [3.63, 3.8) is 0 Å². The first-order valence-electron chi connectivity index (χ1n) is 7.68. The Labute approximate surface area is 138 Å². The number of alkyl halides is 2. The van der Waals surface area contributed by atoms with Crippen molar-refractivity contribution in [2.45, 2.75) is 38.7 Å². The summed E-state index contributed by atoms with van der Waals surface area (Å²) < 4.78 is 26.7. The van der Waals surface area contributed by atoms with Gasteiger partial charge in [-0.25, -0.2) is 13.8 Å². The first-order valence-corrected chi connectivity index (χ1v) is 8.06. The van der Waals surface area contributed by atoms with Gasteiger partial charge in [0.25, 0.3) is 5.92 Å². The smallest absolute Gasteiger partial charge is 0.251 e. The highest BCUT2D eigenvalue weighted by molar-refractivity contribution is 6.34. The molecule has 1 atom stereocenters. The van der Waals surface area contributed by atoms with Gasteiger partial charge in [0.2, 0.25) is 0 Å². The molecule has 1 fully saturated rings. The number of fused-ring (bicyclic) bond motifs is 1. The summed E-state index contributed by atoms with van der Waals surface area (Å²) in [6.45, 7) is 4.13. The molecule has 3 nitrogen and oxygen atoms in total. The van der Waals surface area contributed by atoms with Crippen molar-refractivity contribution in [2.75, 3.05) is 18.0 Å². The van der Waals surface area contributed by atoms with Crippen LogP contribution in [-0.2, 0) is 0 Å². The van der Waals surface area contributed by atoms with Crippen molar-refractivity contribution in [1.29, 1.82) is 0 Å². The Hall–Kier alpha value is -1.46. The first kappa shape index (κ1) is 16.4. The first-order chi connectivity index (χ1) is 10.8. The minimum Gasteiger partial charge on any atom is -0.389 e. The van der Waals surface area contributed by atoms with Crippen LogP contribution in [0, 0.1) is 6.92 Å². The molecule has 1 aliphatic rings. The number of aliphatic hydroxyl groups excluding tert-OH is 1. The summed E-state index contributed by atoms with van der Waals surface area (Å²) in [4.78, 5) is 6.21. The third-order valence-corrected chi connectivity index (χ3v) is 4.62. The van der Waals surface area contributed by atoms with Gasteiger partial charge in [0.1, 0.15) is 11.0 Å². The molecule has 124 valence electrons. The van der Waals surface area contributed by atoms with Crippen molar-refractivity contribution in [3.05, 3.63) is 34.5 Å². The van der Waals surface area contributed by atoms with E-state index in [9.17, 15) is 13.9 Å². The summed E-state index contributed by atoms with van der Waals surface area (Å²) >= 11 is 6.32. The molecule has 3 rings (SSSR count). The molecule has 6 heteroatoms. The van der Waals surface area contributed by atoms with Crippen LogP contribution in [0.4, 0.5) is 14.6 Å². The minimum absolute atomic E-state index is 0.179. The molecule has 1 aliphatic heterocycles. The maximum absolute atomic E-state index is 13.3. The van der Waals surface area contributed by atoms with E-state index in [1.165, 1.54) is 0 Å². The predicted octanol–water partition coefficient (Wildman–Crippen LogP) is 4.49. The number of pyridine rings is 1. The van der Waals surface area contributed by atoms with Gasteiger partial charge in [-0.1, -0.05) is 23.2 Å². The Morgan fingerprint density at radius 3 is 2.48 bits per heavy atom. The van der Waals surface area contributed by atoms with Crippen molar-refractivity contribution in [3.8, 4) is 0 Å². The fourth-order valence-corrected chi connectivity index (χ4v) is 3.29. The molecule has 0 bridgehead atoms. The Bertz CT molecular complexity index is 739. The molecule has 0 saturated carbocycles. The van der Waals surface area contributed by atoms with E-state index in [0.717, 1.165) is 21.9 Å². The Kier molecular flexibility index (Phi) is 4.19. The Morgan fingerprint density at radius 1 is 1.22 bits per heavy atom. The molecule has 1 aromatic heterocycles. The van der Waals surface area contributed by atoms with Gasteiger partial charge in [-0.2, -0.15) is 0 Å². The molecular formula is C17H19ClF2N2O. The van der Waals surface area contributed by atoms with E-state index in [-0.39, 0.29) is 25.9 Å². The van der Waals surface area contributed by atoms with Gasteiger partial charge in [0.15, 0.2) is 0 Å². The summed E-state index contributed by atoms with van der Waals surface area (Å²) in [6.07, 6.45) is -1.00. The van der Waals surface area contributed by atoms with Crippen LogP contribution < -0.4 is 4.90 Å². The lowest BCUT2D eigenvalue weighted by molar-refractivity contribution is -0.0221. The van der Waals surface area contributed by atoms with E-state index >= 15 is 0 Å². The fraction of sp³-hybridized carbons (Fsp3) is 0.471. The molecule has 23 heavy (non-hydrogen) atoms. The standard InChI is InChI=1S/C17H19ClF2N2O/c1-10-7-12(11(2)23)13-9-15(21-16(18)14(13)8-10)22-5-3-17(19,20)4-6-22/h7-9,11,23H,3-6H2,1-2H3. The lowest BCUT2D eigenvalue weighted by Gasteiger charge is -2.32. The zero-order valence-electron chi connectivity index (χ0n) is 13.1. The lowest BCUT2D eigenvalue weighted by Crippen LogP contribution is -2.39. The van der Waals surface area contributed by atoms with Crippen LogP contribution in [0.1, 0.15) is 37.0 Å². The molecule has 1 N–H and O–H groups in total. The zero-order valence-corrected chi connectivity index (χ0v) is 13.9. The van der Waals surface area contributed by atoms with E-state index in [1.54, 1.807) is 6.92 Å². The average Bonchev–Trinajstić information content (AvgIpc) is 2.47. The summed E-state index contributed by atoms with van der Waals surface area (Å²) in [5, 5.41) is 12.0. The zero-order chi connectivity index (χ0) is 16.8. The summed E-state index contributed by atoms with van der Waals surface area (Å²) in [7, 11) is 0.